The van der Waals surface area contributed by atoms with E-state index in [9.17, 15) is 4.79 Å². The molecule has 1 heterocycles. The molecule has 0 fully saturated rings. The predicted octanol–water partition coefficient (Wildman–Crippen LogP) is 0.940. The quantitative estimate of drug-likeness (QED) is 0.762. The van der Waals surface area contributed by atoms with E-state index in [1.165, 1.54) is 0 Å². The number of halogens is 1. The van der Waals surface area contributed by atoms with Crippen molar-refractivity contribution in [2.24, 2.45) is 0 Å². The van der Waals surface area contributed by atoms with Crippen LogP contribution in [0.3, 0.4) is 0 Å². The molecule has 6 heteroatoms. The Hall–Kier alpha value is -0.720. The number of methoxy groups -OCH3 is 1. The van der Waals surface area contributed by atoms with Gasteiger partial charge < -0.3 is 10.1 Å². The zero-order valence-corrected chi connectivity index (χ0v) is 11.8. The summed E-state index contributed by atoms with van der Waals surface area (Å²) in [7, 11) is 1.68. The fourth-order valence-corrected chi connectivity index (χ4v) is 1.79. The summed E-state index contributed by atoms with van der Waals surface area (Å²) in [5.41, 5.74) is -0.0191. The van der Waals surface area contributed by atoms with Crippen LogP contribution in [0, 0.1) is 6.92 Å². The average molecular weight is 304 g/mol. The van der Waals surface area contributed by atoms with E-state index in [2.05, 4.69) is 26.2 Å². The fourth-order valence-electron chi connectivity index (χ4n) is 1.48. The monoisotopic (exact) mass is 303 g/mol. The van der Waals surface area contributed by atoms with Crippen molar-refractivity contribution in [2.75, 3.05) is 26.8 Å². The van der Waals surface area contributed by atoms with Crippen LogP contribution in [0.2, 0.25) is 0 Å². The third-order valence-electron chi connectivity index (χ3n) is 2.42. The van der Waals surface area contributed by atoms with E-state index in [4.69, 9.17) is 4.74 Å². The van der Waals surface area contributed by atoms with Crippen LogP contribution >= 0.6 is 15.9 Å². The molecule has 17 heavy (non-hydrogen) atoms. The van der Waals surface area contributed by atoms with E-state index in [-0.39, 0.29) is 5.56 Å². The highest BCUT2D eigenvalue weighted by Gasteiger charge is 2.04. The summed E-state index contributed by atoms with van der Waals surface area (Å²) in [6, 6.07) is 0. The van der Waals surface area contributed by atoms with Crippen molar-refractivity contribution in [1.29, 1.82) is 0 Å². The highest BCUT2D eigenvalue weighted by Crippen LogP contribution is 2.01. The zero-order chi connectivity index (χ0) is 12.7. The van der Waals surface area contributed by atoms with E-state index in [0.717, 1.165) is 25.3 Å². The summed E-state index contributed by atoms with van der Waals surface area (Å²) in [5.74, 6) is 0.745. The van der Waals surface area contributed by atoms with Gasteiger partial charge in [0.25, 0.3) is 5.56 Å². The molecule has 0 amide bonds. The van der Waals surface area contributed by atoms with Gasteiger partial charge in [-0.25, -0.2) is 4.98 Å². The van der Waals surface area contributed by atoms with Gasteiger partial charge in [-0.15, -0.1) is 0 Å². The molecule has 0 saturated carbocycles. The van der Waals surface area contributed by atoms with Gasteiger partial charge in [-0.3, -0.25) is 9.36 Å². The summed E-state index contributed by atoms with van der Waals surface area (Å²) in [6.07, 6.45) is 2.44. The predicted molar refractivity (Wildman–Crippen MR) is 70.3 cm³/mol. The molecule has 0 radical (unpaired) electrons. The lowest BCUT2D eigenvalue weighted by Gasteiger charge is -2.09. The Kier molecular flexibility index (Phi) is 6.39. The molecule has 1 rings (SSSR count). The molecule has 0 spiro atoms. The molecule has 0 saturated heterocycles. The molecule has 0 aromatic carbocycles. The minimum atomic E-state index is -0.0191. The van der Waals surface area contributed by atoms with Gasteiger partial charge in [0.2, 0.25) is 0 Å². The summed E-state index contributed by atoms with van der Waals surface area (Å²) >= 11 is 3.20. The lowest BCUT2D eigenvalue weighted by Crippen LogP contribution is -2.27. The van der Waals surface area contributed by atoms with Crippen LogP contribution in [0.25, 0.3) is 0 Å². The Morgan fingerprint density at radius 3 is 3.00 bits per heavy atom. The molecule has 0 aliphatic rings. The average Bonchev–Trinajstić information content (AvgIpc) is 2.32. The second-order valence-electron chi connectivity index (χ2n) is 3.71. The SMILES string of the molecule is COCCNCCCn1c(C)ncc(Br)c1=O. The first-order valence-electron chi connectivity index (χ1n) is 5.58. The van der Waals surface area contributed by atoms with Crippen molar-refractivity contribution >= 4 is 15.9 Å². The number of hydrogen-bond donors (Lipinski definition) is 1. The van der Waals surface area contributed by atoms with Gasteiger partial charge >= 0.3 is 0 Å². The van der Waals surface area contributed by atoms with Crippen LogP contribution in [-0.4, -0.2) is 36.4 Å². The smallest absolute Gasteiger partial charge is 0.267 e. The van der Waals surface area contributed by atoms with E-state index >= 15 is 0 Å². The number of aryl methyl sites for hydroxylation is 1. The number of hydrogen-bond acceptors (Lipinski definition) is 4. The number of nitrogens with zero attached hydrogens (tertiary/aromatic N) is 2. The molecule has 1 aromatic rings. The second kappa shape index (κ2) is 7.58. The maximum Gasteiger partial charge on any atom is 0.267 e. The molecule has 0 bridgehead atoms. The Labute approximate surface area is 109 Å². The molecule has 96 valence electrons. The number of ether oxygens (including phenoxy) is 1. The summed E-state index contributed by atoms with van der Waals surface area (Å²) in [4.78, 5) is 15.9. The maximum atomic E-state index is 11.8. The molecular weight excluding hydrogens is 286 g/mol. The molecule has 5 nitrogen and oxygen atoms in total. The fraction of sp³-hybridized carbons (Fsp3) is 0.636. The zero-order valence-electron chi connectivity index (χ0n) is 10.2. The number of rotatable bonds is 7. The van der Waals surface area contributed by atoms with Crippen LogP contribution in [0.4, 0.5) is 0 Å². The van der Waals surface area contributed by atoms with Crippen molar-refractivity contribution in [2.45, 2.75) is 19.9 Å². The first-order valence-corrected chi connectivity index (χ1v) is 6.37. The summed E-state index contributed by atoms with van der Waals surface area (Å²) in [6.45, 7) is 4.92. The summed E-state index contributed by atoms with van der Waals surface area (Å²) < 4.78 is 7.12. The normalized spacial score (nSPS) is 10.8. The number of nitrogens with one attached hydrogen (secondary N) is 1. The minimum Gasteiger partial charge on any atom is -0.383 e. The van der Waals surface area contributed by atoms with Gasteiger partial charge in [0.1, 0.15) is 10.3 Å². The van der Waals surface area contributed by atoms with Gasteiger partial charge in [0.05, 0.1) is 6.61 Å². The van der Waals surface area contributed by atoms with Gasteiger partial charge in [0.15, 0.2) is 0 Å². The Morgan fingerprint density at radius 2 is 2.29 bits per heavy atom. The lowest BCUT2D eigenvalue weighted by atomic mass is 10.4. The van der Waals surface area contributed by atoms with E-state index in [1.807, 2.05) is 6.92 Å². The van der Waals surface area contributed by atoms with Crippen molar-refractivity contribution in [3.8, 4) is 0 Å². The molecule has 1 N–H and O–H groups in total. The molecule has 1 aromatic heterocycles. The Morgan fingerprint density at radius 1 is 1.53 bits per heavy atom. The standard InChI is InChI=1S/C11H18BrN3O2/c1-9-14-8-10(12)11(16)15(9)6-3-4-13-5-7-17-2/h8,13H,3-7H2,1-2H3. The van der Waals surface area contributed by atoms with Gasteiger partial charge in [0, 0.05) is 26.4 Å². The van der Waals surface area contributed by atoms with Crippen LogP contribution in [0.1, 0.15) is 12.2 Å². The van der Waals surface area contributed by atoms with Crippen LogP contribution in [-0.2, 0) is 11.3 Å². The van der Waals surface area contributed by atoms with Gasteiger partial charge in [-0.1, -0.05) is 0 Å². The first-order chi connectivity index (χ1) is 8.16. The van der Waals surface area contributed by atoms with Crippen LogP contribution in [0.5, 0.6) is 0 Å². The second-order valence-corrected chi connectivity index (χ2v) is 4.56. The maximum absolute atomic E-state index is 11.8. The Balaban J connectivity index is 2.42. The van der Waals surface area contributed by atoms with E-state index in [0.29, 0.717) is 17.6 Å². The third kappa shape index (κ3) is 4.57. The molecular formula is C11H18BrN3O2. The highest BCUT2D eigenvalue weighted by atomic mass is 79.9. The van der Waals surface area contributed by atoms with Crippen molar-refractivity contribution in [3.05, 3.63) is 26.8 Å². The Bertz CT molecular complexity index is 406. The third-order valence-corrected chi connectivity index (χ3v) is 2.97. The molecule has 0 atom stereocenters. The molecule has 0 aliphatic carbocycles. The first kappa shape index (κ1) is 14.3. The molecule has 0 unspecified atom stereocenters. The van der Waals surface area contributed by atoms with Crippen molar-refractivity contribution in [3.63, 3.8) is 0 Å². The highest BCUT2D eigenvalue weighted by molar-refractivity contribution is 9.10. The van der Waals surface area contributed by atoms with Crippen LogP contribution < -0.4 is 10.9 Å². The van der Waals surface area contributed by atoms with Gasteiger partial charge in [-0.2, -0.15) is 0 Å². The molecule has 0 aliphatic heterocycles. The summed E-state index contributed by atoms with van der Waals surface area (Å²) in [5, 5.41) is 3.24. The topological polar surface area (TPSA) is 56.1 Å². The van der Waals surface area contributed by atoms with Crippen molar-refractivity contribution < 1.29 is 4.74 Å². The van der Waals surface area contributed by atoms with Gasteiger partial charge in [-0.05, 0) is 35.8 Å². The number of aromatic nitrogens is 2. The van der Waals surface area contributed by atoms with E-state index < -0.39 is 0 Å². The minimum absolute atomic E-state index is 0.0191. The largest absolute Gasteiger partial charge is 0.383 e. The lowest BCUT2D eigenvalue weighted by molar-refractivity contribution is 0.199. The van der Waals surface area contributed by atoms with Crippen molar-refractivity contribution in [1.82, 2.24) is 14.9 Å². The van der Waals surface area contributed by atoms with E-state index in [1.54, 1.807) is 17.9 Å². The van der Waals surface area contributed by atoms with Crippen LogP contribution in [0.15, 0.2) is 15.5 Å².